The maximum atomic E-state index is 10.4. The lowest BCUT2D eigenvalue weighted by Gasteiger charge is -2.05. The molecule has 0 N–H and O–H groups in total. The molecule has 11 heavy (non-hydrogen) atoms. The van der Waals surface area contributed by atoms with Crippen LogP contribution in [0.25, 0.3) is 0 Å². The van der Waals surface area contributed by atoms with Gasteiger partial charge in [-0.15, -0.1) is 0 Å². The van der Waals surface area contributed by atoms with Crippen LogP contribution in [0.5, 0.6) is 0 Å². The van der Waals surface area contributed by atoms with Crippen LogP contribution in [0.3, 0.4) is 0 Å². The minimum Gasteiger partial charge on any atom is -0.242 e. The lowest BCUT2D eigenvalue weighted by molar-refractivity contribution is -0.138. The summed E-state index contributed by atoms with van der Waals surface area (Å²) in [7, 11) is 0. The van der Waals surface area contributed by atoms with E-state index in [4.69, 9.17) is 0 Å². The van der Waals surface area contributed by atoms with Crippen LogP contribution in [0.2, 0.25) is 0 Å². The molecule has 1 rings (SSSR count). The predicted octanol–water partition coefficient (Wildman–Crippen LogP) is 2.22. The van der Waals surface area contributed by atoms with Crippen molar-refractivity contribution >= 4 is 5.97 Å². The largest absolute Gasteiger partial charge is 0.382 e. The van der Waals surface area contributed by atoms with Crippen LogP contribution >= 0.6 is 0 Å². The van der Waals surface area contributed by atoms with E-state index in [1.54, 1.807) is 0 Å². The van der Waals surface area contributed by atoms with Gasteiger partial charge in [0.1, 0.15) is 0 Å². The molecule has 1 radical (unpaired) electrons. The van der Waals surface area contributed by atoms with Crippen molar-refractivity contribution in [2.45, 2.75) is 38.5 Å². The molecule has 0 atom stereocenters. The van der Waals surface area contributed by atoms with Gasteiger partial charge in [0.2, 0.25) is 0 Å². The molecule has 0 aromatic rings. The van der Waals surface area contributed by atoms with E-state index in [0.29, 0.717) is 12.0 Å². The smallest absolute Gasteiger partial charge is 0.242 e. The molecule has 2 nitrogen and oxygen atoms in total. The van der Waals surface area contributed by atoms with Crippen LogP contribution in [0, 0.1) is 0 Å². The molecule has 0 fully saturated rings. The maximum absolute atomic E-state index is 10.4. The van der Waals surface area contributed by atoms with Gasteiger partial charge in [-0.25, -0.2) is 9.90 Å². The molecule has 0 spiro atoms. The summed E-state index contributed by atoms with van der Waals surface area (Å²) in [6, 6.07) is 0. The molecule has 0 aromatic carbocycles. The van der Waals surface area contributed by atoms with Crippen molar-refractivity contribution in [1.29, 1.82) is 0 Å². The van der Waals surface area contributed by atoms with Crippen molar-refractivity contribution in [3.8, 4) is 0 Å². The summed E-state index contributed by atoms with van der Waals surface area (Å²) >= 11 is 0. The highest BCUT2D eigenvalue weighted by Crippen LogP contribution is 2.16. The number of rotatable bonds is 1. The van der Waals surface area contributed by atoms with Gasteiger partial charge in [0.15, 0.2) is 0 Å². The summed E-state index contributed by atoms with van der Waals surface area (Å²) < 4.78 is 0. The van der Waals surface area contributed by atoms with E-state index in [9.17, 15) is 9.90 Å². The van der Waals surface area contributed by atoms with Gasteiger partial charge in [0.25, 0.3) is 0 Å². The molecule has 1 aliphatic carbocycles. The first-order valence-corrected chi connectivity index (χ1v) is 4.21. The number of carbonyl (C=O) groups excluding carboxylic acids is 1. The molecule has 0 unspecified atom stereocenters. The molecule has 1 aliphatic rings. The Morgan fingerprint density at radius 2 is 1.91 bits per heavy atom. The quantitative estimate of drug-likeness (QED) is 0.569. The highest BCUT2D eigenvalue weighted by Gasteiger charge is 2.09. The van der Waals surface area contributed by atoms with Gasteiger partial charge in [-0.2, -0.15) is 0 Å². The van der Waals surface area contributed by atoms with Gasteiger partial charge in [-0.3, -0.25) is 0 Å². The topological polar surface area (TPSA) is 37.0 Å². The number of hydrogen-bond acceptors (Lipinski definition) is 1. The van der Waals surface area contributed by atoms with Crippen molar-refractivity contribution < 1.29 is 9.90 Å². The van der Waals surface area contributed by atoms with Crippen LogP contribution in [0.15, 0.2) is 11.6 Å². The third-order valence-corrected chi connectivity index (χ3v) is 2.05. The molecule has 0 aliphatic heterocycles. The van der Waals surface area contributed by atoms with E-state index >= 15 is 0 Å². The van der Waals surface area contributed by atoms with Gasteiger partial charge < -0.3 is 0 Å². The van der Waals surface area contributed by atoms with E-state index in [1.165, 1.54) is 6.42 Å². The second-order valence-electron chi connectivity index (χ2n) is 2.97. The number of carbonyl (C=O) groups is 1. The standard InChI is InChI=1S/C9H13O2/c10-9(11)8-6-4-2-1-3-5-7-8/h6H,1-5,7H2. The van der Waals surface area contributed by atoms with E-state index < -0.39 is 5.97 Å². The number of hydrogen-bond donors (Lipinski definition) is 0. The van der Waals surface area contributed by atoms with Crippen LogP contribution in [0.4, 0.5) is 0 Å². The minimum atomic E-state index is -0.980. The van der Waals surface area contributed by atoms with Crippen molar-refractivity contribution in [2.24, 2.45) is 0 Å². The van der Waals surface area contributed by atoms with Gasteiger partial charge >= 0.3 is 5.97 Å². The van der Waals surface area contributed by atoms with Crippen LogP contribution in [-0.2, 0) is 9.90 Å². The Morgan fingerprint density at radius 1 is 1.18 bits per heavy atom. The minimum absolute atomic E-state index is 0.504. The van der Waals surface area contributed by atoms with E-state index in [0.717, 1.165) is 25.7 Å². The normalized spacial score (nSPS) is 19.8. The lowest BCUT2D eigenvalue weighted by Crippen LogP contribution is -2.00. The zero-order valence-electron chi connectivity index (χ0n) is 6.64. The average Bonchev–Trinajstić information content (AvgIpc) is 1.84. The lowest BCUT2D eigenvalue weighted by atomic mass is 10.0. The highest BCUT2D eigenvalue weighted by molar-refractivity contribution is 5.86. The van der Waals surface area contributed by atoms with Crippen molar-refractivity contribution in [3.05, 3.63) is 11.6 Å². The maximum Gasteiger partial charge on any atom is 0.382 e. The molecular weight excluding hydrogens is 140 g/mol. The Hall–Kier alpha value is -0.790. The van der Waals surface area contributed by atoms with Crippen LogP contribution in [-0.4, -0.2) is 5.97 Å². The van der Waals surface area contributed by atoms with Crippen LogP contribution < -0.4 is 0 Å². The first-order chi connectivity index (χ1) is 5.30. The molecule has 0 amide bonds. The zero-order chi connectivity index (χ0) is 8.10. The fourth-order valence-electron chi connectivity index (χ4n) is 1.38. The fraction of sp³-hybridized carbons (Fsp3) is 0.667. The van der Waals surface area contributed by atoms with Crippen LogP contribution in [0.1, 0.15) is 38.5 Å². The Bertz CT molecular complexity index is 170. The molecule has 61 valence electrons. The molecule has 0 heterocycles. The summed E-state index contributed by atoms with van der Waals surface area (Å²) in [6.45, 7) is 0. The molecule has 0 saturated carbocycles. The van der Waals surface area contributed by atoms with Crippen molar-refractivity contribution in [3.63, 3.8) is 0 Å². The molecule has 2 heteroatoms. The van der Waals surface area contributed by atoms with E-state index in [-0.39, 0.29) is 0 Å². The zero-order valence-corrected chi connectivity index (χ0v) is 6.64. The first kappa shape index (κ1) is 8.31. The monoisotopic (exact) mass is 153 g/mol. The summed E-state index contributed by atoms with van der Waals surface area (Å²) in [5.74, 6) is -0.980. The fourth-order valence-corrected chi connectivity index (χ4v) is 1.38. The van der Waals surface area contributed by atoms with E-state index in [2.05, 4.69) is 0 Å². The third kappa shape index (κ3) is 2.74. The Kier molecular flexibility index (Phi) is 3.14. The SMILES string of the molecule is [O]C(=O)C1=CCCCCCC1. The number of allylic oxidation sites excluding steroid dienone is 1. The molecule has 0 aromatic heterocycles. The van der Waals surface area contributed by atoms with Crippen molar-refractivity contribution in [2.75, 3.05) is 0 Å². The second-order valence-corrected chi connectivity index (χ2v) is 2.97. The molecular formula is C9H13O2. The summed E-state index contributed by atoms with van der Waals surface area (Å²) in [6.07, 6.45) is 7.93. The highest BCUT2D eigenvalue weighted by atomic mass is 16.4. The van der Waals surface area contributed by atoms with Gasteiger partial charge in [-0.1, -0.05) is 18.9 Å². The van der Waals surface area contributed by atoms with Gasteiger partial charge in [0, 0.05) is 5.57 Å². The summed E-state index contributed by atoms with van der Waals surface area (Å²) in [5, 5.41) is 10.4. The Morgan fingerprint density at radius 3 is 2.64 bits per heavy atom. The molecule has 0 saturated heterocycles. The van der Waals surface area contributed by atoms with Crippen molar-refractivity contribution in [1.82, 2.24) is 0 Å². The first-order valence-electron chi connectivity index (χ1n) is 4.21. The van der Waals surface area contributed by atoms with E-state index in [1.807, 2.05) is 6.08 Å². The Balaban J connectivity index is 2.52. The molecule has 0 bridgehead atoms. The second kappa shape index (κ2) is 4.16. The summed E-state index contributed by atoms with van der Waals surface area (Å²) in [4.78, 5) is 10.4. The summed E-state index contributed by atoms with van der Waals surface area (Å²) in [5.41, 5.74) is 0.504. The predicted molar refractivity (Wildman–Crippen MR) is 41.5 cm³/mol. The average molecular weight is 153 g/mol. The van der Waals surface area contributed by atoms with Gasteiger partial charge in [-0.05, 0) is 25.7 Å². The van der Waals surface area contributed by atoms with Gasteiger partial charge in [0.05, 0.1) is 0 Å². The third-order valence-electron chi connectivity index (χ3n) is 2.05. The Labute approximate surface area is 66.9 Å².